The van der Waals surface area contributed by atoms with Crippen molar-refractivity contribution in [2.45, 2.75) is 32.9 Å². The summed E-state index contributed by atoms with van der Waals surface area (Å²) in [7, 11) is 0. The molecule has 0 aliphatic carbocycles. The van der Waals surface area contributed by atoms with Crippen molar-refractivity contribution in [1.82, 2.24) is 9.80 Å². The van der Waals surface area contributed by atoms with Crippen LogP contribution in [0.5, 0.6) is 0 Å². The van der Waals surface area contributed by atoms with Gasteiger partial charge in [0.15, 0.2) is 0 Å². The third-order valence-electron chi connectivity index (χ3n) is 3.91. The van der Waals surface area contributed by atoms with Gasteiger partial charge in [0.2, 0.25) is 0 Å². The van der Waals surface area contributed by atoms with Crippen molar-refractivity contribution in [3.63, 3.8) is 0 Å². The van der Waals surface area contributed by atoms with Gasteiger partial charge in [-0.05, 0) is 37.6 Å². The molecule has 1 heterocycles. The van der Waals surface area contributed by atoms with Gasteiger partial charge in [0.1, 0.15) is 0 Å². The molecule has 1 amide bonds. The Balaban J connectivity index is 1.93. The van der Waals surface area contributed by atoms with E-state index in [1.165, 1.54) is 5.56 Å². The van der Waals surface area contributed by atoms with Crippen LogP contribution in [0.3, 0.4) is 0 Å². The minimum atomic E-state index is -0.192. The Hall–Kier alpha value is -1.26. The summed E-state index contributed by atoms with van der Waals surface area (Å²) in [5, 5.41) is 0.760. The van der Waals surface area contributed by atoms with Gasteiger partial charge in [0.25, 0.3) is 0 Å². The molecule has 1 aliphatic rings. The Morgan fingerprint density at radius 1 is 1.38 bits per heavy atom. The number of likely N-dealkylation sites (tertiary alicyclic amines) is 1. The van der Waals surface area contributed by atoms with E-state index in [9.17, 15) is 4.79 Å². The maximum Gasteiger partial charge on any atom is 0.409 e. The molecule has 2 rings (SSSR count). The molecule has 1 saturated heterocycles. The molecular weight excluding hydrogens is 288 g/mol. The van der Waals surface area contributed by atoms with Crippen LogP contribution in [0.2, 0.25) is 5.02 Å². The van der Waals surface area contributed by atoms with E-state index >= 15 is 0 Å². The van der Waals surface area contributed by atoms with Gasteiger partial charge in [-0.15, -0.1) is 0 Å². The van der Waals surface area contributed by atoms with Crippen molar-refractivity contribution in [3.8, 4) is 0 Å². The minimum Gasteiger partial charge on any atom is -0.450 e. The second kappa shape index (κ2) is 7.66. The monoisotopic (exact) mass is 310 g/mol. The lowest BCUT2D eigenvalue weighted by atomic mass is 10.1. The predicted molar refractivity (Wildman–Crippen MR) is 84.5 cm³/mol. The molecule has 0 bridgehead atoms. The first kappa shape index (κ1) is 16.1. The standard InChI is InChI=1S/C16H23ClN2O2/c1-3-18(11-13-5-7-14(17)8-6-13)15-9-10-19(12-15)16(20)21-4-2/h5-8,15H,3-4,9-12H2,1-2H3/t15-/m1/s1. The summed E-state index contributed by atoms with van der Waals surface area (Å²) in [4.78, 5) is 16.0. The number of halogens is 1. The summed E-state index contributed by atoms with van der Waals surface area (Å²) < 4.78 is 5.07. The molecule has 0 radical (unpaired) electrons. The number of hydrogen-bond donors (Lipinski definition) is 0. The van der Waals surface area contributed by atoms with Crippen molar-refractivity contribution < 1.29 is 9.53 Å². The number of likely N-dealkylation sites (N-methyl/N-ethyl adjacent to an activating group) is 1. The molecule has 116 valence electrons. The molecule has 1 aliphatic heterocycles. The highest BCUT2D eigenvalue weighted by Gasteiger charge is 2.30. The fraction of sp³-hybridized carbons (Fsp3) is 0.562. The quantitative estimate of drug-likeness (QED) is 0.835. The Kier molecular flexibility index (Phi) is 5.88. The van der Waals surface area contributed by atoms with E-state index in [0.717, 1.165) is 37.6 Å². The van der Waals surface area contributed by atoms with Crippen molar-refractivity contribution >= 4 is 17.7 Å². The summed E-state index contributed by atoms with van der Waals surface area (Å²) in [6.07, 6.45) is 0.808. The van der Waals surface area contributed by atoms with Crippen LogP contribution in [-0.2, 0) is 11.3 Å². The van der Waals surface area contributed by atoms with Crippen LogP contribution in [0.25, 0.3) is 0 Å². The lowest BCUT2D eigenvalue weighted by molar-refractivity contribution is 0.110. The van der Waals surface area contributed by atoms with Crippen molar-refractivity contribution in [1.29, 1.82) is 0 Å². The van der Waals surface area contributed by atoms with E-state index in [-0.39, 0.29) is 6.09 Å². The number of hydrogen-bond acceptors (Lipinski definition) is 3. The van der Waals surface area contributed by atoms with E-state index in [4.69, 9.17) is 16.3 Å². The van der Waals surface area contributed by atoms with Crippen LogP contribution in [0.4, 0.5) is 4.79 Å². The van der Waals surface area contributed by atoms with E-state index in [1.54, 1.807) is 4.90 Å². The van der Waals surface area contributed by atoms with Gasteiger partial charge >= 0.3 is 6.09 Å². The maximum absolute atomic E-state index is 11.8. The maximum atomic E-state index is 11.8. The van der Waals surface area contributed by atoms with E-state index in [1.807, 2.05) is 19.1 Å². The summed E-state index contributed by atoms with van der Waals surface area (Å²) in [6, 6.07) is 8.36. The number of amides is 1. The van der Waals surface area contributed by atoms with E-state index in [0.29, 0.717) is 12.6 Å². The third-order valence-corrected chi connectivity index (χ3v) is 4.16. The Bertz CT molecular complexity index is 464. The zero-order valence-corrected chi connectivity index (χ0v) is 13.5. The number of ether oxygens (including phenoxy) is 1. The van der Waals surface area contributed by atoms with Gasteiger partial charge in [-0.25, -0.2) is 4.79 Å². The van der Waals surface area contributed by atoms with Crippen LogP contribution >= 0.6 is 11.6 Å². The van der Waals surface area contributed by atoms with Crippen LogP contribution < -0.4 is 0 Å². The van der Waals surface area contributed by atoms with E-state index in [2.05, 4.69) is 24.0 Å². The average Bonchev–Trinajstić information content (AvgIpc) is 2.97. The Morgan fingerprint density at radius 3 is 2.71 bits per heavy atom. The molecule has 21 heavy (non-hydrogen) atoms. The molecule has 0 aromatic heterocycles. The first-order valence-electron chi connectivity index (χ1n) is 7.54. The highest BCUT2D eigenvalue weighted by molar-refractivity contribution is 6.30. The summed E-state index contributed by atoms with van der Waals surface area (Å²) in [5.74, 6) is 0. The fourth-order valence-corrected chi connectivity index (χ4v) is 2.87. The molecule has 1 aromatic rings. The van der Waals surface area contributed by atoms with Gasteiger partial charge in [0.05, 0.1) is 6.61 Å². The smallest absolute Gasteiger partial charge is 0.409 e. The SMILES string of the molecule is CCOC(=O)N1CC[C@@H](N(CC)Cc2ccc(Cl)cc2)C1. The zero-order chi connectivity index (χ0) is 15.2. The lowest BCUT2D eigenvalue weighted by Crippen LogP contribution is -2.38. The molecule has 0 spiro atoms. The molecule has 4 nitrogen and oxygen atoms in total. The van der Waals surface area contributed by atoms with Crippen LogP contribution in [0.1, 0.15) is 25.8 Å². The van der Waals surface area contributed by atoms with Gasteiger partial charge in [-0.1, -0.05) is 30.7 Å². The van der Waals surface area contributed by atoms with Crippen molar-refractivity contribution in [2.24, 2.45) is 0 Å². The number of benzene rings is 1. The Labute approximate surface area is 131 Å². The van der Waals surface area contributed by atoms with Gasteiger partial charge in [0, 0.05) is 30.7 Å². The molecule has 0 N–H and O–H groups in total. The Morgan fingerprint density at radius 2 is 2.10 bits per heavy atom. The fourth-order valence-electron chi connectivity index (χ4n) is 2.74. The van der Waals surface area contributed by atoms with Crippen molar-refractivity contribution in [3.05, 3.63) is 34.9 Å². The minimum absolute atomic E-state index is 0.192. The van der Waals surface area contributed by atoms with Crippen LogP contribution in [0.15, 0.2) is 24.3 Å². The molecular formula is C16H23ClN2O2. The zero-order valence-electron chi connectivity index (χ0n) is 12.7. The van der Waals surface area contributed by atoms with E-state index < -0.39 is 0 Å². The topological polar surface area (TPSA) is 32.8 Å². The molecule has 1 fully saturated rings. The molecule has 0 unspecified atom stereocenters. The first-order chi connectivity index (χ1) is 10.1. The molecule has 1 aromatic carbocycles. The second-order valence-corrected chi connectivity index (χ2v) is 5.71. The normalized spacial score (nSPS) is 18.3. The van der Waals surface area contributed by atoms with Gasteiger partial charge in [-0.3, -0.25) is 4.90 Å². The van der Waals surface area contributed by atoms with Gasteiger partial charge in [-0.2, -0.15) is 0 Å². The predicted octanol–water partition coefficient (Wildman–Crippen LogP) is 3.39. The number of nitrogens with zero attached hydrogens (tertiary/aromatic N) is 2. The summed E-state index contributed by atoms with van der Waals surface area (Å²) in [5.41, 5.74) is 1.25. The van der Waals surface area contributed by atoms with Crippen LogP contribution in [-0.4, -0.2) is 48.2 Å². The lowest BCUT2D eigenvalue weighted by Gasteiger charge is -2.27. The van der Waals surface area contributed by atoms with Crippen molar-refractivity contribution in [2.75, 3.05) is 26.2 Å². The first-order valence-corrected chi connectivity index (χ1v) is 7.92. The highest BCUT2D eigenvalue weighted by Crippen LogP contribution is 2.19. The number of rotatable bonds is 5. The summed E-state index contributed by atoms with van der Waals surface area (Å²) >= 11 is 5.92. The van der Waals surface area contributed by atoms with Crippen LogP contribution in [0, 0.1) is 0 Å². The highest BCUT2D eigenvalue weighted by atomic mass is 35.5. The largest absolute Gasteiger partial charge is 0.450 e. The molecule has 0 saturated carbocycles. The summed E-state index contributed by atoms with van der Waals surface area (Å²) in [6.45, 7) is 7.80. The molecule has 5 heteroatoms. The third kappa shape index (κ3) is 4.35. The molecule has 1 atom stereocenters. The second-order valence-electron chi connectivity index (χ2n) is 5.28. The van der Waals surface area contributed by atoms with Gasteiger partial charge < -0.3 is 9.64 Å². The number of carbonyl (C=O) groups is 1. The number of carbonyl (C=O) groups excluding carboxylic acids is 1. The average molecular weight is 311 g/mol.